The Morgan fingerprint density at radius 2 is 1.54 bits per heavy atom. The highest BCUT2D eigenvalue weighted by molar-refractivity contribution is 6.54. The standard InChI is InChI=1S/C36H36O5/c1-4-32(37)36(40)30-20-29(34(38)25-14-10-22(2)11-15-25)28-21-33(41-3)31(19-27(28)30)35(39)26-16-12-24(13-17-26)18-23-8-6-5-7-9-23/h5-11,14-15,19-21,24,26,29H,4,12-13,16-18H2,1-3H3. The number of ketones is 4. The summed E-state index contributed by atoms with van der Waals surface area (Å²) in [5.74, 6) is -1.27. The molecule has 0 saturated heterocycles. The van der Waals surface area contributed by atoms with Gasteiger partial charge >= 0.3 is 0 Å². The molecule has 210 valence electrons. The highest BCUT2D eigenvalue weighted by atomic mass is 16.5. The SMILES string of the molecule is CCC(=O)C(=O)C1=CC(C(=O)c2ccc(C)cc2)c2cc(OC)c(C(=O)C3CCC(Cc4ccccc4)CC3)cc21. The largest absolute Gasteiger partial charge is 0.496 e. The van der Waals surface area contributed by atoms with Crippen molar-refractivity contribution >= 4 is 28.7 Å². The van der Waals surface area contributed by atoms with Crippen molar-refractivity contribution in [1.29, 1.82) is 0 Å². The van der Waals surface area contributed by atoms with Gasteiger partial charge in [-0.25, -0.2) is 0 Å². The van der Waals surface area contributed by atoms with E-state index in [0.717, 1.165) is 37.7 Å². The first-order chi connectivity index (χ1) is 19.8. The summed E-state index contributed by atoms with van der Waals surface area (Å²) in [5.41, 5.74) is 4.54. The molecule has 0 spiro atoms. The molecule has 0 aromatic heterocycles. The Bertz CT molecular complexity index is 1510. The van der Waals surface area contributed by atoms with Crippen LogP contribution in [0.5, 0.6) is 5.75 Å². The van der Waals surface area contributed by atoms with Crippen molar-refractivity contribution < 1.29 is 23.9 Å². The molecule has 0 bridgehead atoms. The number of carbonyl (C=O) groups excluding carboxylic acids is 4. The van der Waals surface area contributed by atoms with Gasteiger partial charge in [0.1, 0.15) is 5.75 Å². The zero-order chi connectivity index (χ0) is 29.1. The number of hydrogen-bond acceptors (Lipinski definition) is 5. The Morgan fingerprint density at radius 3 is 2.17 bits per heavy atom. The normalized spacial score (nSPS) is 19.7. The molecule has 0 heterocycles. The van der Waals surface area contributed by atoms with Crippen LogP contribution >= 0.6 is 0 Å². The van der Waals surface area contributed by atoms with Crippen molar-refractivity contribution in [2.24, 2.45) is 11.8 Å². The lowest BCUT2D eigenvalue weighted by atomic mass is 9.76. The van der Waals surface area contributed by atoms with E-state index >= 15 is 0 Å². The molecule has 3 aromatic rings. The molecule has 1 unspecified atom stereocenters. The van der Waals surface area contributed by atoms with Crippen molar-refractivity contribution in [1.82, 2.24) is 0 Å². The molecular formula is C36H36O5. The van der Waals surface area contributed by atoms with Crippen LogP contribution in [0, 0.1) is 18.8 Å². The number of ether oxygens (including phenoxy) is 1. The van der Waals surface area contributed by atoms with Gasteiger partial charge < -0.3 is 4.74 Å². The second kappa shape index (κ2) is 12.2. The highest BCUT2D eigenvalue weighted by Gasteiger charge is 2.37. The number of fused-ring (bicyclic) bond motifs is 1. The van der Waals surface area contributed by atoms with Crippen LogP contribution in [-0.4, -0.2) is 30.2 Å². The summed E-state index contributed by atoms with van der Waals surface area (Å²) < 4.78 is 5.69. The smallest absolute Gasteiger partial charge is 0.228 e. The van der Waals surface area contributed by atoms with Crippen LogP contribution in [0.1, 0.15) is 87.9 Å². The van der Waals surface area contributed by atoms with Gasteiger partial charge in [0.25, 0.3) is 0 Å². The predicted molar refractivity (Wildman–Crippen MR) is 159 cm³/mol. The molecule has 2 aliphatic rings. The lowest BCUT2D eigenvalue weighted by Crippen LogP contribution is -2.24. The summed E-state index contributed by atoms with van der Waals surface area (Å²) in [4.78, 5) is 53.1. The summed E-state index contributed by atoms with van der Waals surface area (Å²) in [7, 11) is 1.52. The fourth-order valence-electron chi connectivity index (χ4n) is 6.21. The topological polar surface area (TPSA) is 77.5 Å². The van der Waals surface area contributed by atoms with Gasteiger partial charge in [-0.15, -0.1) is 0 Å². The number of hydrogen-bond donors (Lipinski definition) is 0. The third-order valence-electron chi connectivity index (χ3n) is 8.62. The van der Waals surface area contributed by atoms with E-state index in [-0.39, 0.29) is 29.5 Å². The fraction of sp³-hybridized carbons (Fsp3) is 0.333. The molecule has 1 saturated carbocycles. The van der Waals surface area contributed by atoms with E-state index in [4.69, 9.17) is 4.74 Å². The van der Waals surface area contributed by atoms with Crippen molar-refractivity contribution in [3.63, 3.8) is 0 Å². The number of methoxy groups -OCH3 is 1. The summed E-state index contributed by atoms with van der Waals surface area (Å²) >= 11 is 0. The minimum absolute atomic E-state index is 0.00950. The second-order valence-corrected chi connectivity index (χ2v) is 11.3. The Kier molecular flexibility index (Phi) is 8.44. The summed E-state index contributed by atoms with van der Waals surface area (Å²) in [6.45, 7) is 3.59. The number of aryl methyl sites for hydroxylation is 1. The van der Waals surface area contributed by atoms with E-state index in [0.29, 0.717) is 33.9 Å². The molecule has 5 heteroatoms. The highest BCUT2D eigenvalue weighted by Crippen LogP contribution is 2.43. The van der Waals surface area contributed by atoms with Crippen LogP contribution < -0.4 is 4.74 Å². The monoisotopic (exact) mass is 548 g/mol. The first-order valence-corrected chi connectivity index (χ1v) is 14.5. The zero-order valence-electron chi connectivity index (χ0n) is 23.9. The number of Topliss-reactive ketones (excluding diaryl/α,β-unsaturated/α-hetero) is 4. The van der Waals surface area contributed by atoms with Crippen LogP contribution in [0.25, 0.3) is 5.57 Å². The lowest BCUT2D eigenvalue weighted by Gasteiger charge is -2.28. The van der Waals surface area contributed by atoms with Gasteiger partial charge in [0.05, 0.1) is 18.6 Å². The molecule has 0 aliphatic heterocycles. The van der Waals surface area contributed by atoms with Crippen molar-refractivity contribution in [2.75, 3.05) is 7.11 Å². The molecule has 5 rings (SSSR count). The Hall–Kier alpha value is -4.12. The second-order valence-electron chi connectivity index (χ2n) is 11.3. The van der Waals surface area contributed by atoms with E-state index in [2.05, 4.69) is 24.3 Å². The van der Waals surface area contributed by atoms with E-state index in [1.807, 2.05) is 25.1 Å². The van der Waals surface area contributed by atoms with Crippen molar-refractivity contribution in [3.05, 3.63) is 106 Å². The summed E-state index contributed by atoms with van der Waals surface area (Å²) in [5, 5.41) is 0. The molecule has 41 heavy (non-hydrogen) atoms. The van der Waals surface area contributed by atoms with E-state index in [1.165, 1.54) is 12.7 Å². The Morgan fingerprint density at radius 1 is 0.854 bits per heavy atom. The number of allylic oxidation sites excluding steroid dienone is 2. The van der Waals surface area contributed by atoms with Gasteiger partial charge in [0.2, 0.25) is 11.6 Å². The minimum atomic E-state index is -0.747. The Balaban J connectivity index is 1.44. The molecule has 5 nitrogen and oxygen atoms in total. The predicted octanol–water partition coefficient (Wildman–Crippen LogP) is 7.15. The molecule has 0 radical (unpaired) electrons. The van der Waals surface area contributed by atoms with Crippen molar-refractivity contribution in [2.45, 2.75) is 58.3 Å². The first-order valence-electron chi connectivity index (χ1n) is 14.5. The molecule has 0 amide bonds. The zero-order valence-corrected chi connectivity index (χ0v) is 23.9. The van der Waals surface area contributed by atoms with Gasteiger partial charge in [-0.05, 0) is 73.8 Å². The van der Waals surface area contributed by atoms with E-state index in [9.17, 15) is 19.2 Å². The molecule has 2 aliphatic carbocycles. The maximum Gasteiger partial charge on any atom is 0.228 e. The third kappa shape index (κ3) is 5.85. The van der Waals surface area contributed by atoms with Crippen molar-refractivity contribution in [3.8, 4) is 5.75 Å². The van der Waals surface area contributed by atoms with Crippen LogP contribution in [-0.2, 0) is 16.0 Å². The molecule has 3 aromatic carbocycles. The molecule has 0 N–H and O–H groups in total. The maximum atomic E-state index is 13.9. The quantitative estimate of drug-likeness (QED) is 0.199. The summed E-state index contributed by atoms with van der Waals surface area (Å²) in [6, 6.07) is 21.1. The number of rotatable bonds is 10. The number of benzene rings is 3. The van der Waals surface area contributed by atoms with Gasteiger partial charge in [-0.2, -0.15) is 0 Å². The average Bonchev–Trinajstić information content (AvgIpc) is 3.38. The van der Waals surface area contributed by atoms with Crippen LogP contribution in [0.3, 0.4) is 0 Å². The molecular weight excluding hydrogens is 512 g/mol. The number of carbonyl (C=O) groups is 4. The van der Waals surface area contributed by atoms with Crippen LogP contribution in [0.4, 0.5) is 0 Å². The maximum absolute atomic E-state index is 13.9. The van der Waals surface area contributed by atoms with E-state index < -0.39 is 17.5 Å². The summed E-state index contributed by atoms with van der Waals surface area (Å²) in [6.07, 6.45) is 6.20. The molecule has 1 atom stereocenters. The van der Waals surface area contributed by atoms with Crippen LogP contribution in [0.2, 0.25) is 0 Å². The average molecular weight is 549 g/mol. The minimum Gasteiger partial charge on any atom is -0.496 e. The lowest BCUT2D eigenvalue weighted by molar-refractivity contribution is -0.133. The first kappa shape index (κ1) is 28.4. The van der Waals surface area contributed by atoms with Gasteiger partial charge in [-0.1, -0.05) is 73.2 Å². The fourth-order valence-corrected chi connectivity index (χ4v) is 6.21. The van der Waals surface area contributed by atoms with Gasteiger partial charge in [-0.3, -0.25) is 19.2 Å². The van der Waals surface area contributed by atoms with Gasteiger partial charge in [0.15, 0.2) is 11.6 Å². The van der Waals surface area contributed by atoms with Crippen LogP contribution in [0.15, 0.2) is 72.8 Å². The van der Waals surface area contributed by atoms with Gasteiger partial charge in [0, 0.05) is 23.5 Å². The Labute approximate surface area is 241 Å². The van der Waals surface area contributed by atoms with E-state index in [1.54, 1.807) is 37.3 Å². The molecule has 1 fully saturated rings. The third-order valence-corrected chi connectivity index (χ3v) is 8.62.